The largest absolute Gasteiger partial charge is 0.504 e. The summed E-state index contributed by atoms with van der Waals surface area (Å²) in [6, 6.07) is 4.26. The lowest BCUT2D eigenvalue weighted by Gasteiger charge is -2.45. The number of phenolic OH excluding ortho intramolecular Hbond substituents is 1. The Balaban J connectivity index is 1.47. The van der Waals surface area contributed by atoms with Crippen LogP contribution in [0.25, 0.3) is 6.08 Å². The summed E-state index contributed by atoms with van der Waals surface area (Å²) in [6.07, 6.45) is -17.0. The molecule has 18 heteroatoms. The lowest BCUT2D eigenvalue weighted by Crippen LogP contribution is -2.62. The molecule has 3 aliphatic rings. The highest BCUT2D eigenvalue weighted by Crippen LogP contribution is 2.38. The number of benzene rings is 1. The lowest BCUT2D eigenvalue weighted by atomic mass is 9.98. The van der Waals surface area contributed by atoms with E-state index >= 15 is 0 Å². The number of aliphatic hydroxyl groups is 9. The summed E-state index contributed by atoms with van der Waals surface area (Å²) in [5, 5.41) is 101. The maximum absolute atomic E-state index is 12.8. The highest BCUT2D eigenvalue weighted by Gasteiger charge is 2.60. The molecule has 1 aromatic rings. The Bertz CT molecular complexity index is 1180. The van der Waals surface area contributed by atoms with E-state index < -0.39 is 118 Å². The number of methoxy groups -OCH3 is 1. The molecule has 3 aliphatic heterocycles. The second-order valence-corrected chi connectivity index (χ2v) is 10.9. The summed E-state index contributed by atoms with van der Waals surface area (Å²) in [4.78, 5) is 12.8. The van der Waals surface area contributed by atoms with Crippen LogP contribution in [-0.2, 0) is 33.2 Å². The van der Waals surface area contributed by atoms with Crippen LogP contribution in [0.1, 0.15) is 12.0 Å². The SMILES string of the molecule is COc1cc(/C=C/C(=O)O[C@H]2[C@H](O)[C@@H](CO)O[C@@]2(CO)O[C@H]2C[C@@H](O)[C@H](O[C@@H]3O[C@H](CO)[C@@H](O)[C@H](O)[C@H]3O)[C@@H](CO)O2)ccc1O. The fourth-order valence-electron chi connectivity index (χ4n) is 5.40. The third kappa shape index (κ3) is 7.61. The molecule has 0 spiro atoms. The van der Waals surface area contributed by atoms with Gasteiger partial charge in [0.15, 0.2) is 30.2 Å². The Morgan fingerprint density at radius 2 is 1.63 bits per heavy atom. The van der Waals surface area contributed by atoms with Crippen molar-refractivity contribution in [2.75, 3.05) is 33.5 Å². The van der Waals surface area contributed by atoms with Crippen LogP contribution in [0.2, 0.25) is 0 Å². The van der Waals surface area contributed by atoms with Gasteiger partial charge in [0.2, 0.25) is 5.79 Å². The van der Waals surface area contributed by atoms with Gasteiger partial charge in [0.1, 0.15) is 55.4 Å². The minimum absolute atomic E-state index is 0.126. The minimum Gasteiger partial charge on any atom is -0.504 e. The van der Waals surface area contributed by atoms with Crippen LogP contribution in [0.5, 0.6) is 11.5 Å². The summed E-state index contributed by atoms with van der Waals surface area (Å²) in [6.45, 7) is -3.34. The van der Waals surface area contributed by atoms with Gasteiger partial charge in [0.25, 0.3) is 0 Å². The number of rotatable bonds is 12. The van der Waals surface area contributed by atoms with Crippen molar-refractivity contribution in [1.29, 1.82) is 0 Å². The number of aliphatic hydroxyl groups excluding tert-OH is 9. The fourth-order valence-corrected chi connectivity index (χ4v) is 5.40. The molecule has 18 nitrogen and oxygen atoms in total. The van der Waals surface area contributed by atoms with Gasteiger partial charge in [0.05, 0.1) is 33.0 Å². The molecule has 0 saturated carbocycles. The molecular weight excluding hydrogens is 624 g/mol. The molecule has 46 heavy (non-hydrogen) atoms. The minimum atomic E-state index is -2.33. The van der Waals surface area contributed by atoms with Gasteiger partial charge in [0, 0.05) is 12.5 Å². The molecular formula is C28H40O18. The van der Waals surface area contributed by atoms with E-state index in [1.54, 1.807) is 0 Å². The second kappa shape index (κ2) is 15.6. The number of hydrogen-bond donors (Lipinski definition) is 10. The van der Waals surface area contributed by atoms with Crippen LogP contribution in [0.15, 0.2) is 24.3 Å². The molecule has 0 unspecified atom stereocenters. The van der Waals surface area contributed by atoms with Gasteiger partial charge in [-0.2, -0.15) is 0 Å². The molecule has 3 heterocycles. The van der Waals surface area contributed by atoms with Crippen LogP contribution < -0.4 is 4.74 Å². The average molecular weight is 665 g/mol. The molecule has 4 rings (SSSR count). The highest BCUT2D eigenvalue weighted by atomic mass is 16.8. The number of carbonyl (C=O) groups is 1. The molecule has 0 aromatic heterocycles. The molecule has 0 radical (unpaired) electrons. The zero-order chi connectivity index (χ0) is 33.8. The lowest BCUT2D eigenvalue weighted by molar-refractivity contribution is -0.379. The molecule has 0 bridgehead atoms. The van der Waals surface area contributed by atoms with Crippen molar-refractivity contribution in [3.8, 4) is 11.5 Å². The van der Waals surface area contributed by atoms with Gasteiger partial charge in [-0.3, -0.25) is 0 Å². The number of phenols is 1. The third-order valence-electron chi connectivity index (χ3n) is 7.89. The maximum atomic E-state index is 12.8. The Hall–Kier alpha value is -2.53. The Morgan fingerprint density at radius 3 is 2.26 bits per heavy atom. The van der Waals surface area contributed by atoms with Gasteiger partial charge in [-0.05, 0) is 23.8 Å². The van der Waals surface area contributed by atoms with Gasteiger partial charge in [-0.15, -0.1) is 0 Å². The van der Waals surface area contributed by atoms with E-state index in [-0.39, 0.29) is 11.5 Å². The maximum Gasteiger partial charge on any atom is 0.331 e. The third-order valence-corrected chi connectivity index (χ3v) is 7.89. The monoisotopic (exact) mass is 664 g/mol. The number of ether oxygens (including phenoxy) is 7. The molecule has 10 N–H and O–H groups in total. The zero-order valence-corrected chi connectivity index (χ0v) is 24.6. The van der Waals surface area contributed by atoms with Crippen LogP contribution >= 0.6 is 0 Å². The first-order chi connectivity index (χ1) is 21.9. The molecule has 3 saturated heterocycles. The number of aromatic hydroxyl groups is 1. The summed E-state index contributed by atoms with van der Waals surface area (Å²) < 4.78 is 38.4. The standard InChI is InChI=1S/C28H40O18/c1-40-15-6-12(2-4-13(15)33)3-5-19(35)43-26-22(37)17(9-30)45-28(26,11-32)46-20-7-14(34)25(18(10-31)41-20)44-27-24(39)23(38)21(36)16(8-29)42-27/h2-6,14,16-18,20-27,29-34,36-39H,7-11H2,1H3/b5-3+/t14-,16-,17-,18-,20+,21-,22-,23+,24-,25+,26+,27+,28+/m1/s1. The Morgan fingerprint density at radius 1 is 0.935 bits per heavy atom. The number of esters is 1. The average Bonchev–Trinajstić information content (AvgIpc) is 3.31. The van der Waals surface area contributed by atoms with Crippen LogP contribution in [-0.4, -0.2) is 170 Å². The summed E-state index contributed by atoms with van der Waals surface area (Å²) in [7, 11) is 1.34. The van der Waals surface area contributed by atoms with Crippen LogP contribution in [0.3, 0.4) is 0 Å². The summed E-state index contributed by atoms with van der Waals surface area (Å²) in [5.41, 5.74) is 0.438. The zero-order valence-electron chi connectivity index (χ0n) is 24.6. The number of hydrogen-bond acceptors (Lipinski definition) is 18. The molecule has 260 valence electrons. The van der Waals surface area contributed by atoms with E-state index in [0.717, 1.165) is 6.08 Å². The summed E-state index contributed by atoms with van der Waals surface area (Å²) in [5.74, 6) is -3.33. The van der Waals surface area contributed by atoms with E-state index in [1.165, 1.54) is 31.4 Å². The van der Waals surface area contributed by atoms with Crippen molar-refractivity contribution in [3.05, 3.63) is 29.8 Å². The second-order valence-electron chi connectivity index (χ2n) is 10.9. The Labute approximate surface area is 262 Å². The van der Waals surface area contributed by atoms with Gasteiger partial charge < -0.3 is 84.2 Å². The van der Waals surface area contributed by atoms with Crippen molar-refractivity contribution >= 4 is 12.0 Å². The van der Waals surface area contributed by atoms with Crippen LogP contribution in [0.4, 0.5) is 0 Å². The predicted molar refractivity (Wildman–Crippen MR) is 147 cm³/mol. The van der Waals surface area contributed by atoms with E-state index in [4.69, 9.17) is 33.2 Å². The quantitative estimate of drug-likeness (QED) is 0.0743. The topological polar surface area (TPSA) is 284 Å². The first kappa shape index (κ1) is 36.3. The van der Waals surface area contributed by atoms with Crippen molar-refractivity contribution < 1.29 is 89.0 Å². The van der Waals surface area contributed by atoms with E-state index in [2.05, 4.69) is 0 Å². The van der Waals surface area contributed by atoms with Crippen molar-refractivity contribution in [1.82, 2.24) is 0 Å². The smallest absolute Gasteiger partial charge is 0.331 e. The normalized spacial score (nSPS) is 39.9. The first-order valence-electron chi connectivity index (χ1n) is 14.3. The van der Waals surface area contributed by atoms with Crippen LogP contribution in [0, 0.1) is 0 Å². The van der Waals surface area contributed by atoms with Gasteiger partial charge >= 0.3 is 5.97 Å². The number of carbonyl (C=O) groups excluding carboxylic acids is 1. The summed E-state index contributed by atoms with van der Waals surface area (Å²) >= 11 is 0. The molecule has 0 amide bonds. The predicted octanol–water partition coefficient (Wildman–Crippen LogP) is -4.56. The molecule has 3 fully saturated rings. The van der Waals surface area contributed by atoms with Gasteiger partial charge in [-0.25, -0.2) is 4.79 Å². The van der Waals surface area contributed by atoms with E-state index in [9.17, 15) is 55.9 Å². The molecule has 1 aromatic carbocycles. The Kier molecular flexibility index (Phi) is 12.3. The highest BCUT2D eigenvalue weighted by molar-refractivity contribution is 5.87. The first-order valence-corrected chi connectivity index (χ1v) is 14.3. The van der Waals surface area contributed by atoms with Crippen molar-refractivity contribution in [2.45, 2.75) is 85.8 Å². The molecule has 0 aliphatic carbocycles. The van der Waals surface area contributed by atoms with Crippen molar-refractivity contribution in [2.24, 2.45) is 0 Å². The van der Waals surface area contributed by atoms with E-state index in [1.807, 2.05) is 0 Å². The van der Waals surface area contributed by atoms with E-state index in [0.29, 0.717) is 5.56 Å². The van der Waals surface area contributed by atoms with Crippen molar-refractivity contribution in [3.63, 3.8) is 0 Å². The fraction of sp³-hybridized carbons (Fsp3) is 0.679. The van der Waals surface area contributed by atoms with Gasteiger partial charge in [-0.1, -0.05) is 6.07 Å². The molecule has 13 atom stereocenters.